The molecule has 0 saturated carbocycles. The molecule has 0 aromatic heterocycles. The van der Waals surface area contributed by atoms with Gasteiger partial charge in [-0.1, -0.05) is 19.9 Å². The number of rotatable bonds is 8. The van der Waals surface area contributed by atoms with Crippen molar-refractivity contribution < 1.29 is 18.7 Å². The SMILES string of the molecule is COc1cc(/C=C(\C#N)C(=O)Nc2ccc(F)cc2)ccc1OCCC(C)C. The minimum absolute atomic E-state index is 0.0835. The zero-order chi connectivity index (χ0) is 20.5. The third kappa shape index (κ3) is 6.13. The summed E-state index contributed by atoms with van der Waals surface area (Å²) < 4.78 is 24.1. The number of ether oxygens (including phenoxy) is 2. The molecule has 0 fully saturated rings. The molecule has 1 amide bonds. The van der Waals surface area contributed by atoms with Crippen LogP contribution in [0, 0.1) is 23.1 Å². The number of nitrogens with one attached hydrogen (secondary N) is 1. The molecular weight excluding hydrogens is 359 g/mol. The molecule has 0 aliphatic carbocycles. The molecule has 146 valence electrons. The minimum atomic E-state index is -0.578. The fourth-order valence-corrected chi connectivity index (χ4v) is 2.34. The van der Waals surface area contributed by atoms with Crippen LogP contribution < -0.4 is 14.8 Å². The summed E-state index contributed by atoms with van der Waals surface area (Å²) in [5, 5.41) is 11.9. The molecule has 1 N–H and O–H groups in total. The van der Waals surface area contributed by atoms with Crippen LogP contribution in [0.2, 0.25) is 0 Å². The Morgan fingerprint density at radius 2 is 1.93 bits per heavy atom. The Hall–Kier alpha value is -3.33. The van der Waals surface area contributed by atoms with E-state index < -0.39 is 11.7 Å². The van der Waals surface area contributed by atoms with E-state index in [0.29, 0.717) is 35.3 Å². The van der Waals surface area contributed by atoms with Gasteiger partial charge in [0, 0.05) is 5.69 Å². The number of nitriles is 1. The molecule has 5 nitrogen and oxygen atoms in total. The topological polar surface area (TPSA) is 71.3 Å². The van der Waals surface area contributed by atoms with Crippen molar-refractivity contribution in [2.45, 2.75) is 20.3 Å². The molecule has 2 aromatic carbocycles. The van der Waals surface area contributed by atoms with Crippen LogP contribution in [0.3, 0.4) is 0 Å². The predicted molar refractivity (Wildman–Crippen MR) is 107 cm³/mol. The summed E-state index contributed by atoms with van der Waals surface area (Å²) in [6, 6.07) is 12.4. The molecule has 0 atom stereocenters. The Bertz CT molecular complexity index is 884. The van der Waals surface area contributed by atoms with Crippen LogP contribution in [-0.2, 0) is 4.79 Å². The van der Waals surface area contributed by atoms with Gasteiger partial charge in [0.1, 0.15) is 17.5 Å². The zero-order valence-corrected chi connectivity index (χ0v) is 16.2. The summed E-state index contributed by atoms with van der Waals surface area (Å²) >= 11 is 0. The van der Waals surface area contributed by atoms with Crippen molar-refractivity contribution in [3.05, 3.63) is 59.4 Å². The molecule has 28 heavy (non-hydrogen) atoms. The first-order chi connectivity index (χ1) is 13.4. The first-order valence-corrected chi connectivity index (χ1v) is 8.92. The van der Waals surface area contributed by atoms with Gasteiger partial charge in [-0.3, -0.25) is 4.79 Å². The van der Waals surface area contributed by atoms with Crippen LogP contribution in [0.15, 0.2) is 48.0 Å². The summed E-state index contributed by atoms with van der Waals surface area (Å²) in [7, 11) is 1.53. The third-order valence-electron chi connectivity index (χ3n) is 3.92. The lowest BCUT2D eigenvalue weighted by molar-refractivity contribution is -0.112. The lowest BCUT2D eigenvalue weighted by Crippen LogP contribution is -2.13. The van der Waals surface area contributed by atoms with Crippen molar-refractivity contribution in [3.8, 4) is 17.6 Å². The van der Waals surface area contributed by atoms with Gasteiger partial charge in [-0.25, -0.2) is 4.39 Å². The zero-order valence-electron chi connectivity index (χ0n) is 16.2. The highest BCUT2D eigenvalue weighted by Gasteiger charge is 2.11. The van der Waals surface area contributed by atoms with Crippen molar-refractivity contribution in [1.29, 1.82) is 5.26 Å². The minimum Gasteiger partial charge on any atom is -0.493 e. The second-order valence-electron chi connectivity index (χ2n) is 6.57. The largest absolute Gasteiger partial charge is 0.493 e. The quantitative estimate of drug-likeness (QED) is 0.526. The van der Waals surface area contributed by atoms with Crippen molar-refractivity contribution in [3.63, 3.8) is 0 Å². The molecule has 0 bridgehead atoms. The number of benzene rings is 2. The molecule has 2 rings (SSSR count). The predicted octanol–water partition coefficient (Wildman–Crippen LogP) is 4.80. The van der Waals surface area contributed by atoms with E-state index in [1.165, 1.54) is 37.5 Å². The summed E-state index contributed by atoms with van der Waals surface area (Å²) in [4.78, 5) is 12.3. The monoisotopic (exact) mass is 382 g/mol. The average molecular weight is 382 g/mol. The lowest BCUT2D eigenvalue weighted by atomic mass is 10.1. The Morgan fingerprint density at radius 3 is 2.54 bits per heavy atom. The van der Waals surface area contributed by atoms with Gasteiger partial charge in [0.25, 0.3) is 5.91 Å². The van der Waals surface area contributed by atoms with E-state index >= 15 is 0 Å². The lowest BCUT2D eigenvalue weighted by Gasteiger charge is -2.12. The maximum absolute atomic E-state index is 13.0. The van der Waals surface area contributed by atoms with Gasteiger partial charge < -0.3 is 14.8 Å². The van der Waals surface area contributed by atoms with E-state index in [-0.39, 0.29) is 5.57 Å². The molecule has 0 aliphatic rings. The molecule has 6 heteroatoms. The second-order valence-corrected chi connectivity index (χ2v) is 6.57. The molecule has 2 aromatic rings. The van der Waals surface area contributed by atoms with Crippen LogP contribution in [0.1, 0.15) is 25.8 Å². The number of carbonyl (C=O) groups excluding carboxylic acids is 1. The number of halogens is 1. The molecule has 0 spiro atoms. The number of amides is 1. The summed E-state index contributed by atoms with van der Waals surface area (Å²) in [5.41, 5.74) is 0.942. The number of hydrogen-bond acceptors (Lipinski definition) is 4. The van der Waals surface area contributed by atoms with Crippen LogP contribution in [0.4, 0.5) is 10.1 Å². The van der Waals surface area contributed by atoms with Crippen molar-refractivity contribution >= 4 is 17.7 Å². The molecule has 0 saturated heterocycles. The summed E-state index contributed by atoms with van der Waals surface area (Å²) in [6.45, 7) is 4.82. The first-order valence-electron chi connectivity index (χ1n) is 8.92. The Balaban J connectivity index is 2.15. The number of methoxy groups -OCH3 is 1. The Kier molecular flexibility index (Phi) is 7.58. The van der Waals surface area contributed by atoms with E-state index in [4.69, 9.17) is 9.47 Å². The van der Waals surface area contributed by atoms with Gasteiger partial charge in [0.15, 0.2) is 11.5 Å². The molecule has 0 aliphatic heterocycles. The van der Waals surface area contributed by atoms with Gasteiger partial charge in [-0.2, -0.15) is 5.26 Å². The molecule has 0 unspecified atom stereocenters. The van der Waals surface area contributed by atoms with Gasteiger partial charge in [-0.15, -0.1) is 0 Å². The fraction of sp³-hybridized carbons (Fsp3) is 0.273. The maximum Gasteiger partial charge on any atom is 0.266 e. The van der Waals surface area contributed by atoms with Crippen molar-refractivity contribution in [2.75, 3.05) is 19.0 Å². The van der Waals surface area contributed by atoms with E-state index in [2.05, 4.69) is 19.2 Å². The van der Waals surface area contributed by atoms with Gasteiger partial charge >= 0.3 is 0 Å². The second kappa shape index (κ2) is 10.1. The van der Waals surface area contributed by atoms with Crippen molar-refractivity contribution in [2.24, 2.45) is 5.92 Å². The normalized spacial score (nSPS) is 11.1. The average Bonchev–Trinajstić information content (AvgIpc) is 2.68. The van der Waals surface area contributed by atoms with Gasteiger partial charge in [0.05, 0.1) is 13.7 Å². The fourth-order valence-electron chi connectivity index (χ4n) is 2.34. The Labute approximate surface area is 164 Å². The smallest absolute Gasteiger partial charge is 0.266 e. The standard InChI is InChI=1S/C22H23FN2O3/c1-15(2)10-11-28-20-9-4-16(13-21(20)27-3)12-17(14-24)22(26)25-19-7-5-18(23)6-8-19/h4-9,12-13,15H,10-11H2,1-3H3,(H,25,26)/b17-12+. The number of anilines is 1. The Morgan fingerprint density at radius 1 is 1.21 bits per heavy atom. The third-order valence-corrected chi connectivity index (χ3v) is 3.92. The van der Waals surface area contributed by atoms with Gasteiger partial charge in [-0.05, 0) is 60.4 Å². The van der Waals surface area contributed by atoms with Crippen LogP contribution in [0.5, 0.6) is 11.5 Å². The summed E-state index contributed by atoms with van der Waals surface area (Å²) in [5.74, 6) is 0.677. The molecular formula is C22H23FN2O3. The molecule has 0 radical (unpaired) electrons. The summed E-state index contributed by atoms with van der Waals surface area (Å²) in [6.07, 6.45) is 2.38. The van der Waals surface area contributed by atoms with Gasteiger partial charge in [0.2, 0.25) is 0 Å². The highest BCUT2D eigenvalue weighted by atomic mass is 19.1. The number of nitrogens with zero attached hydrogens (tertiary/aromatic N) is 1. The highest BCUT2D eigenvalue weighted by Crippen LogP contribution is 2.29. The number of carbonyl (C=O) groups is 1. The van der Waals surface area contributed by atoms with E-state index in [9.17, 15) is 14.4 Å². The van der Waals surface area contributed by atoms with Crippen molar-refractivity contribution in [1.82, 2.24) is 0 Å². The van der Waals surface area contributed by atoms with Crippen LogP contribution >= 0.6 is 0 Å². The first kappa shape index (κ1) is 21.0. The molecule has 0 heterocycles. The van der Waals surface area contributed by atoms with Crippen LogP contribution in [0.25, 0.3) is 6.08 Å². The maximum atomic E-state index is 13.0. The van der Waals surface area contributed by atoms with E-state index in [1.807, 2.05) is 6.07 Å². The van der Waals surface area contributed by atoms with E-state index in [1.54, 1.807) is 18.2 Å². The van der Waals surface area contributed by atoms with E-state index in [0.717, 1.165) is 6.42 Å². The highest BCUT2D eigenvalue weighted by molar-refractivity contribution is 6.09. The number of hydrogen-bond donors (Lipinski definition) is 1. The van der Waals surface area contributed by atoms with Crippen LogP contribution in [-0.4, -0.2) is 19.6 Å².